The molecule has 25 heavy (non-hydrogen) atoms. The van der Waals surface area contributed by atoms with E-state index in [0.717, 1.165) is 0 Å². The topological polar surface area (TPSA) is 34.9 Å². The first kappa shape index (κ1) is 18.3. The summed E-state index contributed by atoms with van der Waals surface area (Å²) in [6.45, 7) is 0.374. The molecule has 0 radical (unpaired) electrons. The number of aromatic nitrogens is 2. The molecule has 0 aliphatic heterocycles. The van der Waals surface area contributed by atoms with Crippen molar-refractivity contribution in [1.29, 1.82) is 0 Å². The molecule has 3 rings (SSSR count). The fraction of sp³-hybridized carbons (Fsp3) is 0.111. The zero-order chi connectivity index (χ0) is 18.0. The lowest BCUT2D eigenvalue weighted by atomic mass is 9.90. The van der Waals surface area contributed by atoms with Gasteiger partial charge in [0.15, 0.2) is 5.78 Å². The molecule has 1 atom stereocenters. The number of ketones is 1. The highest BCUT2D eigenvalue weighted by Gasteiger charge is 2.26. The normalized spacial score (nSPS) is 12.2. The maximum Gasteiger partial charge on any atom is 0.173 e. The molecule has 1 heterocycles. The van der Waals surface area contributed by atoms with Gasteiger partial charge in [0, 0.05) is 39.6 Å². The predicted octanol–water partition coefficient (Wildman–Crippen LogP) is 6.16. The maximum absolute atomic E-state index is 13.2. The van der Waals surface area contributed by atoms with Crippen molar-refractivity contribution < 1.29 is 4.79 Å². The van der Waals surface area contributed by atoms with Crippen molar-refractivity contribution in [2.24, 2.45) is 0 Å². The number of halogens is 4. The molecule has 0 aliphatic carbocycles. The van der Waals surface area contributed by atoms with Gasteiger partial charge in [-0.2, -0.15) is 0 Å². The van der Waals surface area contributed by atoms with Gasteiger partial charge in [0.05, 0.1) is 17.3 Å². The lowest BCUT2D eigenvalue weighted by Crippen LogP contribution is -2.19. The number of hydrogen-bond acceptors (Lipinski definition) is 2. The Hall–Kier alpha value is -1.52. The number of rotatable bonds is 5. The first-order chi connectivity index (χ1) is 12.0. The molecule has 0 amide bonds. The minimum Gasteiger partial charge on any atom is -0.336 e. The summed E-state index contributed by atoms with van der Waals surface area (Å²) in [7, 11) is 0. The van der Waals surface area contributed by atoms with E-state index in [0.29, 0.717) is 37.8 Å². The van der Waals surface area contributed by atoms with Crippen LogP contribution in [0.3, 0.4) is 0 Å². The third-order valence-corrected chi connectivity index (χ3v) is 4.91. The Morgan fingerprint density at radius 1 is 1.00 bits per heavy atom. The molecule has 3 nitrogen and oxygen atoms in total. The van der Waals surface area contributed by atoms with Crippen molar-refractivity contribution in [3.05, 3.63) is 86.3 Å². The van der Waals surface area contributed by atoms with Crippen molar-refractivity contribution in [3.63, 3.8) is 0 Å². The largest absolute Gasteiger partial charge is 0.336 e. The summed E-state index contributed by atoms with van der Waals surface area (Å²) in [5, 5.41) is 1.71. The summed E-state index contributed by atoms with van der Waals surface area (Å²) in [6.07, 6.45) is 5.08. The molecular formula is C18H12Cl4N2O. The quantitative estimate of drug-likeness (QED) is 0.469. The van der Waals surface area contributed by atoms with Gasteiger partial charge in [0.1, 0.15) is 0 Å². The number of carbonyl (C=O) groups excluding carboxylic acids is 1. The first-order valence-corrected chi connectivity index (χ1v) is 8.87. The zero-order valence-corrected chi connectivity index (χ0v) is 15.8. The summed E-state index contributed by atoms with van der Waals surface area (Å²) in [5.41, 5.74) is 1.07. The molecule has 7 heteroatoms. The molecule has 128 valence electrons. The van der Waals surface area contributed by atoms with E-state index in [2.05, 4.69) is 4.98 Å². The molecule has 0 bridgehead atoms. The van der Waals surface area contributed by atoms with E-state index in [1.807, 2.05) is 4.57 Å². The summed E-state index contributed by atoms with van der Waals surface area (Å²) in [5.74, 6) is -0.697. The fourth-order valence-corrected chi connectivity index (χ4v) is 3.63. The van der Waals surface area contributed by atoms with Crippen LogP contribution in [0.4, 0.5) is 0 Å². The second-order valence-corrected chi connectivity index (χ2v) is 7.15. The second kappa shape index (κ2) is 7.79. The van der Waals surface area contributed by atoms with Crippen LogP contribution in [0.1, 0.15) is 21.8 Å². The lowest BCUT2D eigenvalue weighted by molar-refractivity contribution is 0.0951. The van der Waals surface area contributed by atoms with Crippen molar-refractivity contribution in [2.75, 3.05) is 0 Å². The molecule has 1 unspecified atom stereocenters. The van der Waals surface area contributed by atoms with Gasteiger partial charge in [-0.25, -0.2) is 4.98 Å². The van der Waals surface area contributed by atoms with Gasteiger partial charge in [-0.3, -0.25) is 4.79 Å². The third kappa shape index (κ3) is 4.18. The summed E-state index contributed by atoms with van der Waals surface area (Å²) in [6, 6.07) is 9.90. The molecule has 2 aromatic carbocycles. The Labute approximate surface area is 165 Å². The highest BCUT2D eigenvalue weighted by atomic mass is 35.5. The number of nitrogens with zero attached hydrogens (tertiary/aromatic N) is 2. The van der Waals surface area contributed by atoms with Crippen LogP contribution in [0.15, 0.2) is 55.1 Å². The van der Waals surface area contributed by atoms with Gasteiger partial charge in [-0.15, -0.1) is 0 Å². The van der Waals surface area contributed by atoms with E-state index in [4.69, 9.17) is 46.4 Å². The average molecular weight is 414 g/mol. The van der Waals surface area contributed by atoms with E-state index < -0.39 is 5.92 Å². The molecule has 0 fully saturated rings. The summed E-state index contributed by atoms with van der Waals surface area (Å²) in [4.78, 5) is 17.2. The Morgan fingerprint density at radius 3 is 2.28 bits per heavy atom. The van der Waals surface area contributed by atoms with Crippen LogP contribution in [0.2, 0.25) is 20.1 Å². The smallest absolute Gasteiger partial charge is 0.173 e. The number of imidazole rings is 1. The van der Waals surface area contributed by atoms with Gasteiger partial charge < -0.3 is 4.57 Å². The Kier molecular flexibility index (Phi) is 5.70. The van der Waals surface area contributed by atoms with Crippen molar-refractivity contribution in [2.45, 2.75) is 12.5 Å². The standard InChI is InChI=1S/C18H12Cl4N2O/c19-11-1-3-13(16(21)7-11)15(9-24-6-5-23-10-24)18(25)14-4-2-12(20)8-17(14)22/h1-8,10,15H,9H2. The summed E-state index contributed by atoms with van der Waals surface area (Å²) < 4.78 is 1.82. The Bertz CT molecular complexity index is 909. The van der Waals surface area contributed by atoms with Crippen LogP contribution in [0.5, 0.6) is 0 Å². The van der Waals surface area contributed by atoms with Crippen LogP contribution < -0.4 is 0 Å². The molecule has 3 aromatic rings. The highest BCUT2D eigenvalue weighted by Crippen LogP contribution is 2.33. The van der Waals surface area contributed by atoms with Crippen molar-refractivity contribution in [1.82, 2.24) is 9.55 Å². The van der Waals surface area contributed by atoms with E-state index in [-0.39, 0.29) is 5.78 Å². The van der Waals surface area contributed by atoms with Crippen LogP contribution in [-0.4, -0.2) is 15.3 Å². The van der Waals surface area contributed by atoms with Gasteiger partial charge >= 0.3 is 0 Å². The Morgan fingerprint density at radius 2 is 1.68 bits per heavy atom. The van der Waals surface area contributed by atoms with Gasteiger partial charge in [0.2, 0.25) is 0 Å². The van der Waals surface area contributed by atoms with Crippen LogP contribution >= 0.6 is 46.4 Å². The minimum absolute atomic E-state index is 0.153. The van der Waals surface area contributed by atoms with Crippen molar-refractivity contribution in [3.8, 4) is 0 Å². The predicted molar refractivity (Wildman–Crippen MR) is 102 cm³/mol. The van der Waals surface area contributed by atoms with E-state index >= 15 is 0 Å². The molecule has 0 spiro atoms. The molecule has 1 aromatic heterocycles. The number of carbonyl (C=O) groups is 1. The first-order valence-electron chi connectivity index (χ1n) is 7.35. The van der Waals surface area contributed by atoms with Crippen LogP contribution in [0.25, 0.3) is 0 Å². The Balaban J connectivity index is 2.05. The van der Waals surface area contributed by atoms with Gasteiger partial charge in [-0.05, 0) is 35.9 Å². The van der Waals surface area contributed by atoms with E-state index in [1.54, 1.807) is 55.1 Å². The SMILES string of the molecule is O=C(c1ccc(Cl)cc1Cl)C(Cn1ccnc1)c1ccc(Cl)cc1Cl. The van der Waals surface area contributed by atoms with Crippen molar-refractivity contribution >= 4 is 52.2 Å². The monoisotopic (exact) mass is 412 g/mol. The molecule has 0 N–H and O–H groups in total. The zero-order valence-electron chi connectivity index (χ0n) is 12.8. The minimum atomic E-state index is -0.544. The number of benzene rings is 2. The second-order valence-electron chi connectivity index (χ2n) is 5.47. The third-order valence-electron chi connectivity index (χ3n) is 3.80. The maximum atomic E-state index is 13.2. The average Bonchev–Trinajstić information content (AvgIpc) is 3.06. The number of hydrogen-bond donors (Lipinski definition) is 0. The molecule has 0 saturated heterocycles. The molecule has 0 saturated carbocycles. The molecule has 0 aliphatic rings. The number of Topliss-reactive ketones (excluding diaryl/α,β-unsaturated/α-hetero) is 1. The van der Waals surface area contributed by atoms with E-state index in [9.17, 15) is 4.79 Å². The van der Waals surface area contributed by atoms with Crippen LogP contribution in [-0.2, 0) is 6.54 Å². The van der Waals surface area contributed by atoms with E-state index in [1.165, 1.54) is 0 Å². The fourth-order valence-electron chi connectivity index (χ4n) is 2.59. The van der Waals surface area contributed by atoms with Gasteiger partial charge in [-0.1, -0.05) is 52.5 Å². The summed E-state index contributed by atoms with van der Waals surface area (Å²) >= 11 is 24.5. The van der Waals surface area contributed by atoms with Gasteiger partial charge in [0.25, 0.3) is 0 Å². The molecular weight excluding hydrogens is 402 g/mol. The lowest BCUT2D eigenvalue weighted by Gasteiger charge is -2.19. The van der Waals surface area contributed by atoms with Crippen LogP contribution in [0, 0.1) is 0 Å². The highest BCUT2D eigenvalue weighted by molar-refractivity contribution is 6.37.